The molecule has 0 radical (unpaired) electrons. The SMILES string of the molecule is CCc1ccc(S(=O)(=O)N2CCC(C)C(O)C2)cc1. The maximum absolute atomic E-state index is 12.5. The van der Waals surface area contributed by atoms with Crippen molar-refractivity contribution in [3.63, 3.8) is 0 Å². The fourth-order valence-corrected chi connectivity index (χ4v) is 3.76. The Morgan fingerprint density at radius 1 is 1.32 bits per heavy atom. The Balaban J connectivity index is 2.21. The summed E-state index contributed by atoms with van der Waals surface area (Å²) in [6, 6.07) is 6.99. The lowest BCUT2D eigenvalue weighted by atomic mass is 9.98. The molecule has 4 nitrogen and oxygen atoms in total. The predicted octanol–water partition coefficient (Wildman–Crippen LogP) is 1.64. The highest BCUT2D eigenvalue weighted by Crippen LogP contribution is 2.24. The molecule has 2 unspecified atom stereocenters. The molecule has 1 aromatic carbocycles. The number of piperidine rings is 1. The van der Waals surface area contributed by atoms with Crippen LogP contribution in [0.25, 0.3) is 0 Å². The Kier molecular flexibility index (Phi) is 4.28. The Labute approximate surface area is 115 Å². The number of aryl methyl sites for hydroxylation is 1. The van der Waals surface area contributed by atoms with Gasteiger partial charge in [0.1, 0.15) is 0 Å². The normalized spacial score (nSPS) is 25.4. The first-order chi connectivity index (χ1) is 8.95. The number of rotatable bonds is 3. The topological polar surface area (TPSA) is 57.6 Å². The van der Waals surface area contributed by atoms with E-state index in [1.807, 2.05) is 26.0 Å². The van der Waals surface area contributed by atoms with Gasteiger partial charge in [-0.1, -0.05) is 26.0 Å². The van der Waals surface area contributed by atoms with E-state index in [0.717, 1.165) is 12.0 Å². The number of nitrogens with zero attached hydrogens (tertiary/aromatic N) is 1. The van der Waals surface area contributed by atoms with Crippen LogP contribution in [0.5, 0.6) is 0 Å². The van der Waals surface area contributed by atoms with Gasteiger partial charge in [0.05, 0.1) is 11.0 Å². The van der Waals surface area contributed by atoms with E-state index in [0.29, 0.717) is 17.9 Å². The Morgan fingerprint density at radius 2 is 1.95 bits per heavy atom. The number of sulfonamides is 1. The standard InChI is InChI=1S/C14H21NO3S/c1-3-12-4-6-13(7-5-12)19(17,18)15-9-8-11(2)14(16)10-15/h4-7,11,14,16H,3,8-10H2,1-2H3. The molecule has 0 bridgehead atoms. The third kappa shape index (κ3) is 2.99. The van der Waals surface area contributed by atoms with Crippen molar-refractivity contribution in [1.82, 2.24) is 4.31 Å². The summed E-state index contributed by atoms with van der Waals surface area (Å²) < 4.78 is 26.3. The van der Waals surface area contributed by atoms with Crippen molar-refractivity contribution in [2.24, 2.45) is 5.92 Å². The molecule has 1 fully saturated rings. The zero-order valence-electron chi connectivity index (χ0n) is 11.4. The molecule has 106 valence electrons. The van der Waals surface area contributed by atoms with Crippen LogP contribution in [0.3, 0.4) is 0 Å². The van der Waals surface area contributed by atoms with Crippen LogP contribution < -0.4 is 0 Å². The number of benzene rings is 1. The molecule has 0 aliphatic carbocycles. The molecule has 1 aliphatic rings. The summed E-state index contributed by atoms with van der Waals surface area (Å²) in [6.45, 7) is 4.66. The molecule has 0 amide bonds. The van der Waals surface area contributed by atoms with E-state index in [-0.39, 0.29) is 12.5 Å². The van der Waals surface area contributed by atoms with E-state index in [1.165, 1.54) is 4.31 Å². The molecule has 1 saturated heterocycles. The number of hydrogen-bond acceptors (Lipinski definition) is 3. The van der Waals surface area contributed by atoms with Crippen LogP contribution in [0.15, 0.2) is 29.2 Å². The fraction of sp³-hybridized carbons (Fsp3) is 0.571. The maximum atomic E-state index is 12.5. The minimum Gasteiger partial charge on any atom is -0.391 e. The Bertz CT molecular complexity index is 524. The van der Waals surface area contributed by atoms with Gasteiger partial charge in [-0.3, -0.25) is 0 Å². The summed E-state index contributed by atoms with van der Waals surface area (Å²) in [4.78, 5) is 0.312. The average molecular weight is 283 g/mol. The van der Waals surface area contributed by atoms with Crippen LogP contribution in [0.2, 0.25) is 0 Å². The molecule has 0 aromatic heterocycles. The number of β-amino-alcohol motifs (C(OH)–C–C–N with tert-alkyl or cyclic N) is 1. The molecule has 1 aliphatic heterocycles. The lowest BCUT2D eigenvalue weighted by Crippen LogP contribution is -2.45. The fourth-order valence-electron chi connectivity index (χ4n) is 2.28. The van der Waals surface area contributed by atoms with E-state index in [2.05, 4.69) is 0 Å². The van der Waals surface area contributed by atoms with E-state index < -0.39 is 16.1 Å². The molecular formula is C14H21NO3S. The van der Waals surface area contributed by atoms with Crippen molar-refractivity contribution in [1.29, 1.82) is 0 Å². The third-order valence-electron chi connectivity index (χ3n) is 3.85. The van der Waals surface area contributed by atoms with Crippen LogP contribution in [0.1, 0.15) is 25.8 Å². The van der Waals surface area contributed by atoms with Crippen molar-refractivity contribution in [3.8, 4) is 0 Å². The maximum Gasteiger partial charge on any atom is 0.243 e. The first-order valence-electron chi connectivity index (χ1n) is 6.72. The Hall–Kier alpha value is -0.910. The number of aliphatic hydroxyl groups excluding tert-OH is 1. The van der Waals surface area contributed by atoms with Crippen molar-refractivity contribution in [3.05, 3.63) is 29.8 Å². The zero-order valence-corrected chi connectivity index (χ0v) is 12.2. The minimum absolute atomic E-state index is 0.161. The van der Waals surface area contributed by atoms with Crippen LogP contribution in [-0.4, -0.2) is 37.0 Å². The molecule has 1 heterocycles. The summed E-state index contributed by atoms with van der Waals surface area (Å²) >= 11 is 0. The van der Waals surface area contributed by atoms with Crippen LogP contribution in [0.4, 0.5) is 0 Å². The van der Waals surface area contributed by atoms with Gasteiger partial charge in [-0.2, -0.15) is 4.31 Å². The number of aliphatic hydroxyl groups is 1. The van der Waals surface area contributed by atoms with Gasteiger partial charge in [0.15, 0.2) is 0 Å². The van der Waals surface area contributed by atoms with Gasteiger partial charge in [0.25, 0.3) is 0 Å². The summed E-state index contributed by atoms with van der Waals surface area (Å²) in [7, 11) is -3.47. The molecular weight excluding hydrogens is 262 g/mol. The molecule has 1 aromatic rings. The van der Waals surface area contributed by atoms with E-state index in [1.54, 1.807) is 12.1 Å². The van der Waals surface area contributed by atoms with E-state index >= 15 is 0 Å². The monoisotopic (exact) mass is 283 g/mol. The van der Waals surface area contributed by atoms with Gasteiger partial charge in [0, 0.05) is 13.1 Å². The summed E-state index contributed by atoms with van der Waals surface area (Å²) in [5.74, 6) is 0.161. The lowest BCUT2D eigenvalue weighted by molar-refractivity contribution is 0.0605. The van der Waals surface area contributed by atoms with Gasteiger partial charge in [-0.25, -0.2) is 8.42 Å². The minimum atomic E-state index is -3.47. The highest BCUT2D eigenvalue weighted by atomic mass is 32.2. The second kappa shape index (κ2) is 5.61. The summed E-state index contributed by atoms with van der Waals surface area (Å²) in [5.41, 5.74) is 1.12. The molecule has 0 saturated carbocycles. The van der Waals surface area contributed by atoms with Gasteiger partial charge in [0.2, 0.25) is 10.0 Å². The second-order valence-corrected chi connectivity index (χ2v) is 7.13. The first-order valence-corrected chi connectivity index (χ1v) is 8.16. The summed E-state index contributed by atoms with van der Waals surface area (Å²) in [6.07, 6.45) is 1.02. The van der Waals surface area contributed by atoms with Crippen molar-refractivity contribution in [2.45, 2.75) is 37.7 Å². The van der Waals surface area contributed by atoms with Crippen LogP contribution in [-0.2, 0) is 16.4 Å². The van der Waals surface area contributed by atoms with Gasteiger partial charge < -0.3 is 5.11 Å². The zero-order chi connectivity index (χ0) is 14.0. The largest absolute Gasteiger partial charge is 0.391 e. The molecule has 2 rings (SSSR count). The Morgan fingerprint density at radius 3 is 2.47 bits per heavy atom. The molecule has 19 heavy (non-hydrogen) atoms. The molecule has 2 atom stereocenters. The van der Waals surface area contributed by atoms with E-state index in [4.69, 9.17) is 0 Å². The second-order valence-electron chi connectivity index (χ2n) is 5.19. The van der Waals surface area contributed by atoms with Gasteiger partial charge >= 0.3 is 0 Å². The quantitative estimate of drug-likeness (QED) is 0.917. The predicted molar refractivity (Wildman–Crippen MR) is 74.4 cm³/mol. The average Bonchev–Trinajstić information content (AvgIpc) is 2.41. The molecule has 5 heteroatoms. The van der Waals surface area contributed by atoms with Crippen LogP contribution >= 0.6 is 0 Å². The highest BCUT2D eigenvalue weighted by molar-refractivity contribution is 7.89. The lowest BCUT2D eigenvalue weighted by Gasteiger charge is -2.33. The smallest absolute Gasteiger partial charge is 0.243 e. The molecule has 0 spiro atoms. The van der Waals surface area contributed by atoms with Crippen LogP contribution in [0, 0.1) is 5.92 Å². The van der Waals surface area contributed by atoms with Crippen molar-refractivity contribution in [2.75, 3.05) is 13.1 Å². The molecule has 1 N–H and O–H groups in total. The highest BCUT2D eigenvalue weighted by Gasteiger charge is 2.32. The van der Waals surface area contributed by atoms with Gasteiger partial charge in [-0.05, 0) is 36.5 Å². The third-order valence-corrected chi connectivity index (χ3v) is 5.73. The van der Waals surface area contributed by atoms with E-state index in [9.17, 15) is 13.5 Å². The number of hydrogen-bond donors (Lipinski definition) is 1. The summed E-state index contributed by atoms with van der Waals surface area (Å²) in [5, 5.41) is 9.83. The van der Waals surface area contributed by atoms with Gasteiger partial charge in [-0.15, -0.1) is 0 Å². The van der Waals surface area contributed by atoms with Crippen molar-refractivity contribution < 1.29 is 13.5 Å². The first kappa shape index (κ1) is 14.5. The van der Waals surface area contributed by atoms with Crippen molar-refractivity contribution >= 4 is 10.0 Å².